The topological polar surface area (TPSA) is 70.9 Å². The van der Waals surface area contributed by atoms with Crippen molar-refractivity contribution < 1.29 is 14.6 Å². The molecule has 0 spiro atoms. The summed E-state index contributed by atoms with van der Waals surface area (Å²) in [6.45, 7) is 1.67. The van der Waals surface area contributed by atoms with E-state index in [1.165, 1.54) is 13.2 Å². The largest absolute Gasteiger partial charge is 0.507 e. The van der Waals surface area contributed by atoms with Gasteiger partial charge >= 0.3 is 0 Å². The van der Waals surface area contributed by atoms with E-state index in [-0.39, 0.29) is 5.75 Å². The summed E-state index contributed by atoms with van der Waals surface area (Å²) in [6, 6.07) is 11.5. The average molecular weight is 319 g/mol. The van der Waals surface area contributed by atoms with Gasteiger partial charge in [0.15, 0.2) is 0 Å². The number of phenols is 1. The van der Waals surface area contributed by atoms with Gasteiger partial charge in [-0.3, -0.25) is 4.79 Å². The lowest BCUT2D eigenvalue weighted by Gasteiger charge is -2.08. The van der Waals surface area contributed by atoms with Crippen molar-refractivity contribution in [3.05, 3.63) is 58.6 Å². The van der Waals surface area contributed by atoms with E-state index in [0.717, 1.165) is 0 Å². The molecule has 0 atom stereocenters. The lowest BCUT2D eigenvalue weighted by atomic mass is 10.1. The van der Waals surface area contributed by atoms with Crippen LogP contribution in [-0.4, -0.2) is 23.8 Å². The molecule has 0 saturated heterocycles. The smallest absolute Gasteiger partial charge is 0.272 e. The maximum atomic E-state index is 12.0. The Morgan fingerprint density at radius 3 is 2.64 bits per heavy atom. The molecule has 0 bridgehead atoms. The summed E-state index contributed by atoms with van der Waals surface area (Å²) in [6.07, 6.45) is 0. The number of hydrogen-bond donors (Lipinski definition) is 2. The zero-order valence-corrected chi connectivity index (χ0v) is 12.9. The van der Waals surface area contributed by atoms with E-state index in [4.69, 9.17) is 16.3 Å². The molecule has 0 fully saturated rings. The van der Waals surface area contributed by atoms with Crippen molar-refractivity contribution in [1.82, 2.24) is 5.43 Å². The van der Waals surface area contributed by atoms with Gasteiger partial charge < -0.3 is 9.84 Å². The Morgan fingerprint density at radius 2 is 1.95 bits per heavy atom. The molecule has 6 heteroatoms. The van der Waals surface area contributed by atoms with E-state index in [0.29, 0.717) is 27.6 Å². The van der Waals surface area contributed by atoms with Gasteiger partial charge in [-0.15, -0.1) is 0 Å². The van der Waals surface area contributed by atoms with Gasteiger partial charge in [-0.2, -0.15) is 5.10 Å². The lowest BCUT2D eigenvalue weighted by molar-refractivity contribution is 0.0955. The van der Waals surface area contributed by atoms with Crippen LogP contribution in [0.4, 0.5) is 0 Å². The first-order valence-corrected chi connectivity index (χ1v) is 6.87. The van der Waals surface area contributed by atoms with Crippen LogP contribution in [0.2, 0.25) is 5.02 Å². The molecule has 114 valence electrons. The highest BCUT2D eigenvalue weighted by Crippen LogP contribution is 2.23. The quantitative estimate of drug-likeness (QED) is 0.671. The molecule has 1 amide bonds. The standard InChI is InChI=1S/C16H15ClN2O3/c1-10(13-9-11(22-2)7-8-15(13)20)18-19-16(21)12-5-3-4-6-14(12)17/h3-9,20H,1-2H3,(H,19,21). The molecule has 2 rings (SSSR count). The molecule has 2 aromatic carbocycles. The summed E-state index contributed by atoms with van der Waals surface area (Å²) in [4.78, 5) is 12.0. The van der Waals surface area contributed by atoms with Crippen LogP contribution in [0.15, 0.2) is 47.6 Å². The molecule has 0 saturated carbocycles. The Hall–Kier alpha value is -2.53. The minimum atomic E-state index is -0.424. The maximum Gasteiger partial charge on any atom is 0.272 e. The number of benzene rings is 2. The molecule has 0 aliphatic heterocycles. The number of carbonyl (C=O) groups is 1. The number of phenolic OH excluding ortho intramolecular Hbond substituents is 1. The van der Waals surface area contributed by atoms with Crippen LogP contribution in [0.5, 0.6) is 11.5 Å². The maximum absolute atomic E-state index is 12.0. The second-order valence-electron chi connectivity index (χ2n) is 4.50. The number of aromatic hydroxyl groups is 1. The fourth-order valence-electron chi connectivity index (χ4n) is 1.83. The molecular weight excluding hydrogens is 304 g/mol. The first kappa shape index (κ1) is 15.9. The second kappa shape index (κ2) is 6.95. The first-order valence-electron chi connectivity index (χ1n) is 6.49. The van der Waals surface area contributed by atoms with Crippen LogP contribution >= 0.6 is 11.6 Å². The summed E-state index contributed by atoms with van der Waals surface area (Å²) >= 11 is 5.95. The predicted molar refractivity (Wildman–Crippen MR) is 85.8 cm³/mol. The number of carbonyl (C=O) groups excluding carboxylic acids is 1. The van der Waals surface area contributed by atoms with Crippen LogP contribution < -0.4 is 10.2 Å². The predicted octanol–water partition coefficient (Wildman–Crippen LogP) is 3.21. The van der Waals surface area contributed by atoms with Crippen LogP contribution in [0.25, 0.3) is 0 Å². The van der Waals surface area contributed by atoms with Crippen LogP contribution in [-0.2, 0) is 0 Å². The van der Waals surface area contributed by atoms with E-state index in [9.17, 15) is 9.90 Å². The highest BCUT2D eigenvalue weighted by molar-refractivity contribution is 6.33. The van der Waals surface area contributed by atoms with Crippen molar-refractivity contribution in [2.75, 3.05) is 7.11 Å². The number of nitrogens with one attached hydrogen (secondary N) is 1. The SMILES string of the molecule is COc1ccc(O)c(C(C)=NNC(=O)c2ccccc2Cl)c1. The molecule has 2 aromatic rings. The van der Waals surface area contributed by atoms with Gasteiger partial charge in [0, 0.05) is 5.56 Å². The summed E-state index contributed by atoms with van der Waals surface area (Å²) in [5, 5.41) is 14.2. The van der Waals surface area contributed by atoms with Gasteiger partial charge in [0.2, 0.25) is 0 Å². The van der Waals surface area contributed by atoms with Gasteiger partial charge in [-0.05, 0) is 37.3 Å². The molecular formula is C16H15ClN2O3. The highest BCUT2D eigenvalue weighted by Gasteiger charge is 2.10. The minimum absolute atomic E-state index is 0.0500. The third-order valence-corrected chi connectivity index (χ3v) is 3.37. The van der Waals surface area contributed by atoms with Crippen molar-refractivity contribution in [1.29, 1.82) is 0 Å². The van der Waals surface area contributed by atoms with Gasteiger partial charge in [-0.25, -0.2) is 5.43 Å². The monoisotopic (exact) mass is 318 g/mol. The molecule has 2 N–H and O–H groups in total. The van der Waals surface area contributed by atoms with E-state index >= 15 is 0 Å². The molecule has 0 aliphatic rings. The van der Waals surface area contributed by atoms with E-state index in [1.54, 1.807) is 43.3 Å². The van der Waals surface area contributed by atoms with Crippen molar-refractivity contribution in [2.24, 2.45) is 5.10 Å². The molecule has 0 heterocycles. The third kappa shape index (κ3) is 3.56. The van der Waals surface area contributed by atoms with Crippen molar-refractivity contribution in [2.45, 2.75) is 6.92 Å². The second-order valence-corrected chi connectivity index (χ2v) is 4.91. The highest BCUT2D eigenvalue weighted by atomic mass is 35.5. The van der Waals surface area contributed by atoms with Crippen molar-refractivity contribution in [3.63, 3.8) is 0 Å². The fourth-order valence-corrected chi connectivity index (χ4v) is 2.05. The molecule has 5 nitrogen and oxygen atoms in total. The number of nitrogens with zero attached hydrogens (tertiary/aromatic N) is 1. The summed E-state index contributed by atoms with van der Waals surface area (Å²) in [5.41, 5.74) is 3.66. The first-order chi connectivity index (χ1) is 10.5. The van der Waals surface area contributed by atoms with E-state index in [1.807, 2.05) is 0 Å². The third-order valence-electron chi connectivity index (χ3n) is 3.04. The fraction of sp³-hybridized carbons (Fsp3) is 0.125. The van der Waals surface area contributed by atoms with Gasteiger partial charge in [0.05, 0.1) is 23.4 Å². The summed E-state index contributed by atoms with van der Waals surface area (Å²) in [5.74, 6) is 0.209. The van der Waals surface area contributed by atoms with Crippen LogP contribution in [0.1, 0.15) is 22.8 Å². The zero-order chi connectivity index (χ0) is 16.1. The molecule has 0 aliphatic carbocycles. The average Bonchev–Trinajstić information content (AvgIpc) is 2.53. The number of rotatable bonds is 4. The normalized spacial score (nSPS) is 11.1. The Balaban J connectivity index is 2.20. The van der Waals surface area contributed by atoms with E-state index < -0.39 is 5.91 Å². The Bertz CT molecular complexity index is 729. The Labute approximate surface area is 133 Å². The lowest BCUT2D eigenvalue weighted by Crippen LogP contribution is -2.19. The Kier molecular flexibility index (Phi) is 5.01. The number of hydrogen-bond acceptors (Lipinski definition) is 4. The van der Waals surface area contributed by atoms with Gasteiger partial charge in [-0.1, -0.05) is 23.7 Å². The summed E-state index contributed by atoms with van der Waals surface area (Å²) < 4.78 is 5.10. The minimum Gasteiger partial charge on any atom is -0.507 e. The number of amides is 1. The zero-order valence-electron chi connectivity index (χ0n) is 12.1. The number of ether oxygens (including phenoxy) is 1. The molecule has 22 heavy (non-hydrogen) atoms. The molecule has 0 radical (unpaired) electrons. The molecule has 0 aromatic heterocycles. The summed E-state index contributed by atoms with van der Waals surface area (Å²) in [7, 11) is 1.53. The van der Waals surface area contributed by atoms with Crippen molar-refractivity contribution in [3.8, 4) is 11.5 Å². The van der Waals surface area contributed by atoms with Crippen LogP contribution in [0, 0.1) is 0 Å². The number of methoxy groups -OCH3 is 1. The van der Waals surface area contributed by atoms with Crippen molar-refractivity contribution >= 4 is 23.2 Å². The number of hydrazone groups is 1. The van der Waals surface area contributed by atoms with Gasteiger partial charge in [0.25, 0.3) is 5.91 Å². The molecule has 0 unspecified atom stereocenters. The van der Waals surface area contributed by atoms with E-state index in [2.05, 4.69) is 10.5 Å². The Morgan fingerprint density at radius 1 is 1.23 bits per heavy atom. The van der Waals surface area contributed by atoms with Crippen LogP contribution in [0.3, 0.4) is 0 Å². The van der Waals surface area contributed by atoms with Gasteiger partial charge in [0.1, 0.15) is 11.5 Å². The number of halogens is 1.